The number of fused-ring (bicyclic) bond motifs is 1. The summed E-state index contributed by atoms with van der Waals surface area (Å²) in [6.45, 7) is 7.49. The molecule has 3 rings (SSSR count). The largest absolute Gasteiger partial charge is 0.371 e. The Morgan fingerprint density at radius 2 is 1.95 bits per heavy atom. The van der Waals surface area contributed by atoms with Gasteiger partial charge in [-0.15, -0.1) is 0 Å². The minimum atomic E-state index is 0.553. The molecule has 3 nitrogen and oxygen atoms in total. The summed E-state index contributed by atoms with van der Waals surface area (Å²) in [5.74, 6) is 1.64. The van der Waals surface area contributed by atoms with Gasteiger partial charge in [-0.3, -0.25) is 4.98 Å². The SMILES string of the molecule is CC(C)C1CCN(c2c(CN)cnc3ccccc23)CC1. The fourth-order valence-corrected chi connectivity index (χ4v) is 3.48. The third-order valence-corrected chi connectivity index (χ3v) is 4.84. The number of hydrogen-bond donors (Lipinski definition) is 1. The highest BCUT2D eigenvalue weighted by Gasteiger charge is 2.24. The average molecular weight is 283 g/mol. The molecule has 2 N–H and O–H groups in total. The molecular weight excluding hydrogens is 258 g/mol. The normalized spacial score (nSPS) is 16.9. The molecule has 0 unspecified atom stereocenters. The van der Waals surface area contributed by atoms with Crippen molar-refractivity contribution < 1.29 is 0 Å². The van der Waals surface area contributed by atoms with Crippen LogP contribution in [-0.4, -0.2) is 18.1 Å². The second-order valence-electron chi connectivity index (χ2n) is 6.42. The van der Waals surface area contributed by atoms with Gasteiger partial charge in [-0.1, -0.05) is 32.0 Å². The average Bonchev–Trinajstić information content (AvgIpc) is 2.53. The number of aromatic nitrogens is 1. The number of benzene rings is 1. The molecule has 0 aliphatic carbocycles. The summed E-state index contributed by atoms with van der Waals surface area (Å²) < 4.78 is 0. The fraction of sp³-hybridized carbons (Fsp3) is 0.500. The molecule has 1 saturated heterocycles. The van der Waals surface area contributed by atoms with E-state index in [-0.39, 0.29) is 0 Å². The van der Waals surface area contributed by atoms with Gasteiger partial charge in [0, 0.05) is 36.8 Å². The molecule has 1 aliphatic heterocycles. The van der Waals surface area contributed by atoms with Crippen LogP contribution in [0.2, 0.25) is 0 Å². The number of para-hydroxylation sites is 1. The topological polar surface area (TPSA) is 42.1 Å². The molecule has 0 atom stereocenters. The number of piperidine rings is 1. The zero-order valence-electron chi connectivity index (χ0n) is 13.0. The third-order valence-electron chi connectivity index (χ3n) is 4.84. The van der Waals surface area contributed by atoms with Crippen LogP contribution in [0.15, 0.2) is 30.5 Å². The van der Waals surface area contributed by atoms with Crippen LogP contribution in [0.3, 0.4) is 0 Å². The Kier molecular flexibility index (Phi) is 4.11. The van der Waals surface area contributed by atoms with Gasteiger partial charge in [-0.2, -0.15) is 0 Å². The molecule has 1 fully saturated rings. The Balaban J connectivity index is 1.96. The summed E-state index contributed by atoms with van der Waals surface area (Å²) in [4.78, 5) is 7.06. The summed E-state index contributed by atoms with van der Waals surface area (Å²) in [5, 5.41) is 1.24. The lowest BCUT2D eigenvalue weighted by Gasteiger charge is -2.36. The molecule has 112 valence electrons. The molecule has 0 spiro atoms. The van der Waals surface area contributed by atoms with Gasteiger partial charge in [0.25, 0.3) is 0 Å². The molecule has 21 heavy (non-hydrogen) atoms. The monoisotopic (exact) mass is 283 g/mol. The van der Waals surface area contributed by atoms with E-state index < -0.39 is 0 Å². The predicted molar refractivity (Wildman–Crippen MR) is 89.4 cm³/mol. The van der Waals surface area contributed by atoms with Crippen molar-refractivity contribution in [1.29, 1.82) is 0 Å². The van der Waals surface area contributed by atoms with Gasteiger partial charge in [-0.25, -0.2) is 0 Å². The van der Waals surface area contributed by atoms with E-state index >= 15 is 0 Å². The van der Waals surface area contributed by atoms with Crippen LogP contribution < -0.4 is 10.6 Å². The minimum absolute atomic E-state index is 0.553. The molecule has 0 saturated carbocycles. The van der Waals surface area contributed by atoms with E-state index in [1.54, 1.807) is 0 Å². The van der Waals surface area contributed by atoms with E-state index in [2.05, 4.69) is 41.9 Å². The molecule has 0 bridgehead atoms. The standard InChI is InChI=1S/C18H25N3/c1-13(2)14-7-9-21(10-8-14)18-15(11-19)12-20-17-6-4-3-5-16(17)18/h3-6,12-14H,7-11,19H2,1-2H3. The summed E-state index contributed by atoms with van der Waals surface area (Å²) >= 11 is 0. The zero-order chi connectivity index (χ0) is 14.8. The van der Waals surface area contributed by atoms with Crippen LogP contribution in [0.1, 0.15) is 32.3 Å². The Morgan fingerprint density at radius 3 is 2.62 bits per heavy atom. The maximum absolute atomic E-state index is 5.96. The summed E-state index contributed by atoms with van der Waals surface area (Å²) in [6, 6.07) is 8.40. The fourth-order valence-electron chi connectivity index (χ4n) is 3.48. The van der Waals surface area contributed by atoms with Crippen molar-refractivity contribution >= 4 is 16.6 Å². The molecule has 3 heteroatoms. The van der Waals surface area contributed by atoms with Gasteiger partial charge >= 0.3 is 0 Å². The Labute approximate surface area is 127 Å². The smallest absolute Gasteiger partial charge is 0.0723 e. The first-order chi connectivity index (χ1) is 10.2. The maximum Gasteiger partial charge on any atom is 0.0723 e. The van der Waals surface area contributed by atoms with Crippen LogP contribution in [-0.2, 0) is 6.54 Å². The van der Waals surface area contributed by atoms with Gasteiger partial charge < -0.3 is 10.6 Å². The number of hydrogen-bond acceptors (Lipinski definition) is 3. The number of rotatable bonds is 3. The molecule has 1 aliphatic rings. The van der Waals surface area contributed by atoms with Gasteiger partial charge in [0.05, 0.1) is 11.2 Å². The van der Waals surface area contributed by atoms with Crippen molar-refractivity contribution in [3.05, 3.63) is 36.0 Å². The van der Waals surface area contributed by atoms with Crippen molar-refractivity contribution in [3.8, 4) is 0 Å². The van der Waals surface area contributed by atoms with E-state index in [4.69, 9.17) is 5.73 Å². The highest BCUT2D eigenvalue weighted by molar-refractivity contribution is 5.93. The van der Waals surface area contributed by atoms with Crippen LogP contribution in [0.4, 0.5) is 5.69 Å². The number of nitrogens with zero attached hydrogens (tertiary/aromatic N) is 2. The van der Waals surface area contributed by atoms with E-state index in [1.807, 2.05) is 12.3 Å². The lowest BCUT2D eigenvalue weighted by Crippen LogP contribution is -2.36. The number of nitrogens with two attached hydrogens (primary N) is 1. The van der Waals surface area contributed by atoms with E-state index in [0.717, 1.165) is 36.0 Å². The highest BCUT2D eigenvalue weighted by Crippen LogP contribution is 2.34. The molecule has 0 amide bonds. The van der Waals surface area contributed by atoms with Crippen LogP contribution in [0.25, 0.3) is 10.9 Å². The minimum Gasteiger partial charge on any atom is -0.371 e. The van der Waals surface area contributed by atoms with E-state index in [1.165, 1.54) is 23.9 Å². The predicted octanol–water partition coefficient (Wildman–Crippen LogP) is 3.57. The molecule has 2 heterocycles. The lowest BCUT2D eigenvalue weighted by atomic mass is 9.86. The highest BCUT2D eigenvalue weighted by atomic mass is 15.1. The number of pyridine rings is 1. The summed E-state index contributed by atoms with van der Waals surface area (Å²) in [6.07, 6.45) is 4.50. The van der Waals surface area contributed by atoms with Crippen molar-refractivity contribution in [2.24, 2.45) is 17.6 Å². The van der Waals surface area contributed by atoms with E-state index in [9.17, 15) is 0 Å². The molecule has 0 radical (unpaired) electrons. The summed E-state index contributed by atoms with van der Waals surface area (Å²) in [5.41, 5.74) is 9.50. The lowest BCUT2D eigenvalue weighted by molar-refractivity contribution is 0.311. The number of anilines is 1. The Hall–Kier alpha value is -1.61. The second-order valence-corrected chi connectivity index (χ2v) is 6.42. The molecule has 2 aromatic rings. The third kappa shape index (κ3) is 2.75. The van der Waals surface area contributed by atoms with Crippen LogP contribution in [0.5, 0.6) is 0 Å². The molecular formula is C18H25N3. The van der Waals surface area contributed by atoms with Crippen molar-refractivity contribution in [3.63, 3.8) is 0 Å². The van der Waals surface area contributed by atoms with Crippen molar-refractivity contribution in [2.75, 3.05) is 18.0 Å². The van der Waals surface area contributed by atoms with Gasteiger partial charge in [0.15, 0.2) is 0 Å². The zero-order valence-corrected chi connectivity index (χ0v) is 13.0. The second kappa shape index (κ2) is 6.02. The van der Waals surface area contributed by atoms with E-state index in [0.29, 0.717) is 6.54 Å². The summed E-state index contributed by atoms with van der Waals surface area (Å²) in [7, 11) is 0. The quantitative estimate of drug-likeness (QED) is 0.936. The Bertz CT molecular complexity index is 613. The van der Waals surface area contributed by atoms with Gasteiger partial charge in [0.1, 0.15) is 0 Å². The van der Waals surface area contributed by atoms with Crippen LogP contribution in [0, 0.1) is 11.8 Å². The van der Waals surface area contributed by atoms with Gasteiger partial charge in [-0.05, 0) is 30.7 Å². The Morgan fingerprint density at radius 1 is 1.24 bits per heavy atom. The van der Waals surface area contributed by atoms with Gasteiger partial charge in [0.2, 0.25) is 0 Å². The maximum atomic E-state index is 5.96. The molecule has 1 aromatic carbocycles. The van der Waals surface area contributed by atoms with Crippen molar-refractivity contribution in [1.82, 2.24) is 4.98 Å². The van der Waals surface area contributed by atoms with Crippen LogP contribution >= 0.6 is 0 Å². The first-order valence-corrected chi connectivity index (χ1v) is 8.02. The first kappa shape index (κ1) is 14.3. The first-order valence-electron chi connectivity index (χ1n) is 8.02. The molecule has 1 aromatic heterocycles. The van der Waals surface area contributed by atoms with Crippen molar-refractivity contribution in [2.45, 2.75) is 33.2 Å².